The Kier molecular flexibility index (Phi) is 4.14. The Morgan fingerprint density at radius 1 is 0.952 bits per heavy atom. The number of hydrogen-bond acceptors (Lipinski definition) is 3. The van der Waals surface area contributed by atoms with Gasteiger partial charge >= 0.3 is 0 Å². The fourth-order valence-corrected chi connectivity index (χ4v) is 3.06. The molecule has 1 amide bonds. The second-order valence-corrected chi connectivity index (χ2v) is 6.97. The van der Waals surface area contributed by atoms with Crippen LogP contribution in [0.2, 0.25) is 0 Å². The summed E-state index contributed by atoms with van der Waals surface area (Å²) in [6, 6.07) is 11.9. The molecule has 0 aliphatic rings. The molecule has 2 aromatic rings. The third kappa shape index (κ3) is 3.31. The van der Waals surface area contributed by atoms with Crippen LogP contribution in [0.25, 0.3) is 0 Å². The molecule has 2 rings (SSSR count). The number of carbonyl (C=O) groups excluding carboxylic acids is 1. The predicted molar refractivity (Wildman–Crippen MR) is 83.4 cm³/mol. The summed E-state index contributed by atoms with van der Waals surface area (Å²) in [5, 5.41) is 2.80. The van der Waals surface area contributed by atoms with Crippen molar-refractivity contribution in [1.29, 1.82) is 0 Å². The van der Waals surface area contributed by atoms with Crippen molar-refractivity contribution in [3.8, 4) is 0 Å². The van der Waals surface area contributed by atoms with Crippen molar-refractivity contribution in [2.24, 2.45) is 0 Å². The quantitative estimate of drug-likeness (QED) is 0.948. The van der Waals surface area contributed by atoms with Crippen molar-refractivity contribution in [3.63, 3.8) is 0 Å². The summed E-state index contributed by atoms with van der Waals surface area (Å²) in [6.45, 7) is 3.79. The zero-order chi connectivity index (χ0) is 15.6. The van der Waals surface area contributed by atoms with Crippen molar-refractivity contribution < 1.29 is 13.2 Å². The number of nitrogens with one attached hydrogen (secondary N) is 1. The maximum atomic E-state index is 12.4. The van der Waals surface area contributed by atoms with Gasteiger partial charge in [0, 0.05) is 11.9 Å². The second kappa shape index (κ2) is 5.69. The summed E-state index contributed by atoms with van der Waals surface area (Å²) in [5.74, 6) is -0.423. The molecule has 0 radical (unpaired) electrons. The van der Waals surface area contributed by atoms with E-state index in [-0.39, 0.29) is 10.5 Å². The van der Waals surface area contributed by atoms with Gasteiger partial charge in [0.2, 0.25) is 0 Å². The minimum atomic E-state index is -3.45. The smallest absolute Gasteiger partial charge is 0.257 e. The minimum absolute atomic E-state index is 0.0359. The van der Waals surface area contributed by atoms with E-state index < -0.39 is 15.7 Å². The van der Waals surface area contributed by atoms with E-state index in [1.165, 1.54) is 12.1 Å². The summed E-state index contributed by atoms with van der Waals surface area (Å²) >= 11 is 0. The average Bonchev–Trinajstić information content (AvgIpc) is 2.42. The molecule has 4 nitrogen and oxygen atoms in total. The minimum Gasteiger partial charge on any atom is -0.321 e. The van der Waals surface area contributed by atoms with Crippen LogP contribution in [0.4, 0.5) is 5.69 Å². The summed E-state index contributed by atoms with van der Waals surface area (Å²) < 4.78 is 23.5. The highest BCUT2D eigenvalue weighted by atomic mass is 32.2. The maximum Gasteiger partial charge on any atom is 0.257 e. The molecule has 0 aromatic heterocycles. The fourth-order valence-electron chi connectivity index (χ4n) is 2.17. The lowest BCUT2D eigenvalue weighted by atomic mass is 10.1. The summed E-state index contributed by atoms with van der Waals surface area (Å²) in [7, 11) is -3.45. The van der Waals surface area contributed by atoms with Crippen LogP contribution < -0.4 is 5.32 Å². The van der Waals surface area contributed by atoms with Crippen molar-refractivity contribution in [3.05, 3.63) is 59.2 Å². The molecule has 0 aliphatic heterocycles. The van der Waals surface area contributed by atoms with Gasteiger partial charge in [-0.1, -0.05) is 30.3 Å². The highest BCUT2D eigenvalue weighted by Gasteiger charge is 2.19. The third-order valence-corrected chi connectivity index (χ3v) is 4.41. The molecule has 0 fully saturated rings. The first-order valence-corrected chi connectivity index (χ1v) is 8.36. The Hall–Kier alpha value is -2.14. The summed E-state index contributed by atoms with van der Waals surface area (Å²) in [6.07, 6.45) is 1.10. The van der Waals surface area contributed by atoms with Gasteiger partial charge in [0.15, 0.2) is 9.84 Å². The van der Waals surface area contributed by atoms with Crippen LogP contribution >= 0.6 is 0 Å². The van der Waals surface area contributed by atoms with E-state index >= 15 is 0 Å². The van der Waals surface area contributed by atoms with E-state index in [9.17, 15) is 13.2 Å². The van der Waals surface area contributed by atoms with Gasteiger partial charge < -0.3 is 5.32 Å². The first-order valence-electron chi connectivity index (χ1n) is 6.47. The normalized spacial score (nSPS) is 11.2. The molecule has 110 valence electrons. The first-order chi connectivity index (χ1) is 9.80. The van der Waals surface area contributed by atoms with E-state index in [4.69, 9.17) is 0 Å². The van der Waals surface area contributed by atoms with Crippen molar-refractivity contribution in [2.75, 3.05) is 11.6 Å². The Labute approximate surface area is 124 Å². The lowest BCUT2D eigenvalue weighted by Crippen LogP contribution is -2.17. The molecule has 0 spiro atoms. The van der Waals surface area contributed by atoms with E-state index in [1.807, 2.05) is 32.0 Å². The number of sulfone groups is 1. The van der Waals surface area contributed by atoms with Crippen LogP contribution in [0.5, 0.6) is 0 Å². The fraction of sp³-hybridized carbons (Fsp3) is 0.188. The maximum absolute atomic E-state index is 12.4. The third-order valence-electron chi connectivity index (χ3n) is 3.25. The Balaban J connectivity index is 2.43. The number of hydrogen-bond donors (Lipinski definition) is 1. The van der Waals surface area contributed by atoms with Gasteiger partial charge in [-0.15, -0.1) is 0 Å². The van der Waals surface area contributed by atoms with Crippen LogP contribution in [0.3, 0.4) is 0 Å². The van der Waals surface area contributed by atoms with Crippen molar-refractivity contribution in [1.82, 2.24) is 0 Å². The highest BCUT2D eigenvalue weighted by molar-refractivity contribution is 7.90. The SMILES string of the molecule is Cc1cccc(C)c1NC(=O)c1ccccc1S(C)(=O)=O. The molecular weight excluding hydrogens is 286 g/mol. The van der Waals surface area contributed by atoms with Gasteiger partial charge in [0.05, 0.1) is 10.5 Å². The summed E-state index contributed by atoms with van der Waals surface area (Å²) in [4.78, 5) is 12.4. The Morgan fingerprint density at radius 2 is 1.52 bits per heavy atom. The Morgan fingerprint density at radius 3 is 2.10 bits per heavy atom. The Bertz CT molecular complexity index is 775. The molecule has 0 aliphatic carbocycles. The second-order valence-electron chi connectivity index (χ2n) is 4.99. The standard InChI is InChI=1S/C16H17NO3S/c1-11-7-6-8-12(2)15(11)17-16(18)13-9-4-5-10-14(13)21(3,19)20/h4-10H,1-3H3,(H,17,18). The van der Waals surface area contributed by atoms with E-state index in [1.54, 1.807) is 12.1 Å². The van der Waals surface area contributed by atoms with Gasteiger partial charge in [-0.25, -0.2) is 8.42 Å². The van der Waals surface area contributed by atoms with Crippen LogP contribution in [-0.2, 0) is 9.84 Å². The van der Waals surface area contributed by atoms with E-state index in [2.05, 4.69) is 5.32 Å². The van der Waals surface area contributed by atoms with Crippen LogP contribution in [0.1, 0.15) is 21.5 Å². The van der Waals surface area contributed by atoms with Gasteiger partial charge in [0.1, 0.15) is 0 Å². The number of carbonyl (C=O) groups is 1. The van der Waals surface area contributed by atoms with Gasteiger partial charge in [-0.2, -0.15) is 0 Å². The molecule has 0 heterocycles. The van der Waals surface area contributed by atoms with Crippen LogP contribution in [-0.4, -0.2) is 20.6 Å². The lowest BCUT2D eigenvalue weighted by Gasteiger charge is -2.13. The zero-order valence-corrected chi connectivity index (χ0v) is 13.0. The molecule has 21 heavy (non-hydrogen) atoms. The molecule has 1 N–H and O–H groups in total. The molecule has 2 aromatic carbocycles. The number of anilines is 1. The van der Waals surface area contributed by atoms with E-state index in [0.29, 0.717) is 5.69 Å². The molecule has 0 atom stereocenters. The van der Waals surface area contributed by atoms with Crippen LogP contribution in [0, 0.1) is 13.8 Å². The monoisotopic (exact) mass is 303 g/mol. The zero-order valence-electron chi connectivity index (χ0n) is 12.2. The number of amides is 1. The molecule has 0 unspecified atom stereocenters. The topological polar surface area (TPSA) is 63.2 Å². The number of aryl methyl sites for hydroxylation is 2. The molecule has 5 heteroatoms. The number of benzene rings is 2. The summed E-state index contributed by atoms with van der Waals surface area (Å²) in [5.41, 5.74) is 2.73. The van der Waals surface area contributed by atoms with Crippen molar-refractivity contribution >= 4 is 21.4 Å². The largest absolute Gasteiger partial charge is 0.321 e. The molecular formula is C16H17NO3S. The highest BCUT2D eigenvalue weighted by Crippen LogP contribution is 2.22. The van der Waals surface area contributed by atoms with E-state index in [0.717, 1.165) is 17.4 Å². The predicted octanol–water partition coefficient (Wildman–Crippen LogP) is 2.96. The van der Waals surface area contributed by atoms with Gasteiger partial charge in [-0.05, 0) is 37.1 Å². The van der Waals surface area contributed by atoms with Gasteiger partial charge in [0.25, 0.3) is 5.91 Å². The van der Waals surface area contributed by atoms with Crippen LogP contribution in [0.15, 0.2) is 47.4 Å². The molecule has 0 bridgehead atoms. The average molecular weight is 303 g/mol. The molecule has 0 saturated heterocycles. The van der Waals surface area contributed by atoms with Crippen molar-refractivity contribution in [2.45, 2.75) is 18.7 Å². The number of rotatable bonds is 3. The van der Waals surface area contributed by atoms with Gasteiger partial charge in [-0.3, -0.25) is 4.79 Å². The lowest BCUT2D eigenvalue weighted by molar-refractivity contribution is 0.102. The molecule has 0 saturated carbocycles. The first kappa shape index (κ1) is 15.3. The number of para-hydroxylation sites is 1.